The highest BCUT2D eigenvalue weighted by Gasteiger charge is 2.20. The number of carbonyl (C=O) groups excluding carboxylic acids is 1. The SMILES string of the molecule is CCC(=O)C(C)(C)Br. The Morgan fingerprint density at radius 2 is 2.00 bits per heavy atom. The van der Waals surface area contributed by atoms with E-state index in [1.165, 1.54) is 0 Å². The predicted molar refractivity (Wildman–Crippen MR) is 38.3 cm³/mol. The first-order chi connectivity index (χ1) is 3.48. The smallest absolute Gasteiger partial charge is 0.148 e. The predicted octanol–water partition coefficient (Wildman–Crippen LogP) is 2.14. The standard InChI is InChI=1S/C6H11BrO/c1-4-5(8)6(2,3)7/h4H2,1-3H3. The van der Waals surface area contributed by atoms with E-state index < -0.39 is 0 Å². The van der Waals surface area contributed by atoms with Crippen LogP contribution in [0.4, 0.5) is 0 Å². The number of ketones is 1. The van der Waals surface area contributed by atoms with Crippen LogP contribution in [-0.2, 0) is 4.79 Å². The Hall–Kier alpha value is 0.150. The van der Waals surface area contributed by atoms with Gasteiger partial charge in [-0.3, -0.25) is 4.79 Å². The zero-order valence-electron chi connectivity index (χ0n) is 5.49. The third kappa shape index (κ3) is 2.46. The molecule has 0 aliphatic rings. The maximum Gasteiger partial charge on any atom is 0.148 e. The molecule has 0 spiro atoms. The molecule has 0 atom stereocenters. The summed E-state index contributed by atoms with van der Waals surface area (Å²) in [7, 11) is 0. The Morgan fingerprint density at radius 1 is 1.62 bits per heavy atom. The van der Waals surface area contributed by atoms with Crippen LogP contribution in [0.1, 0.15) is 27.2 Å². The fourth-order valence-electron chi connectivity index (χ4n) is 0.420. The van der Waals surface area contributed by atoms with Gasteiger partial charge in [-0.1, -0.05) is 22.9 Å². The van der Waals surface area contributed by atoms with E-state index in [0.29, 0.717) is 6.42 Å². The van der Waals surface area contributed by atoms with Crippen LogP contribution in [-0.4, -0.2) is 10.1 Å². The molecule has 0 radical (unpaired) electrons. The average molecular weight is 179 g/mol. The molecule has 0 saturated carbocycles. The van der Waals surface area contributed by atoms with Crippen molar-refractivity contribution >= 4 is 21.7 Å². The number of carbonyl (C=O) groups is 1. The molecule has 0 aliphatic carbocycles. The van der Waals surface area contributed by atoms with Crippen molar-refractivity contribution in [3.05, 3.63) is 0 Å². The Kier molecular flexibility index (Phi) is 2.67. The molecule has 8 heavy (non-hydrogen) atoms. The second kappa shape index (κ2) is 2.62. The monoisotopic (exact) mass is 178 g/mol. The number of hydrogen-bond acceptors (Lipinski definition) is 1. The van der Waals surface area contributed by atoms with Crippen molar-refractivity contribution in [3.63, 3.8) is 0 Å². The first-order valence-electron chi connectivity index (χ1n) is 2.70. The van der Waals surface area contributed by atoms with E-state index in [-0.39, 0.29) is 10.1 Å². The van der Waals surface area contributed by atoms with Crippen LogP contribution in [0.25, 0.3) is 0 Å². The lowest BCUT2D eigenvalue weighted by Crippen LogP contribution is -2.22. The molecule has 0 amide bonds. The average Bonchev–Trinajstić information content (AvgIpc) is 1.62. The number of Topliss-reactive ketones (excluding diaryl/α,β-unsaturated/α-hetero) is 1. The first kappa shape index (κ1) is 8.15. The molecule has 0 bridgehead atoms. The summed E-state index contributed by atoms with van der Waals surface area (Å²) in [5, 5.41) is 0. The quantitative estimate of drug-likeness (QED) is 0.593. The molecule has 0 aromatic rings. The largest absolute Gasteiger partial charge is 0.298 e. The van der Waals surface area contributed by atoms with Gasteiger partial charge in [-0.2, -0.15) is 0 Å². The second-order valence-electron chi connectivity index (χ2n) is 2.25. The Balaban J connectivity index is 3.82. The fraction of sp³-hybridized carbons (Fsp3) is 0.833. The van der Waals surface area contributed by atoms with Gasteiger partial charge in [0.25, 0.3) is 0 Å². The van der Waals surface area contributed by atoms with Gasteiger partial charge in [0.05, 0.1) is 4.32 Å². The van der Waals surface area contributed by atoms with Crippen LogP contribution >= 0.6 is 15.9 Å². The summed E-state index contributed by atoms with van der Waals surface area (Å²) in [4.78, 5) is 10.8. The van der Waals surface area contributed by atoms with Crippen LogP contribution in [0, 0.1) is 0 Å². The molecule has 48 valence electrons. The molecule has 0 rings (SSSR count). The first-order valence-corrected chi connectivity index (χ1v) is 3.50. The van der Waals surface area contributed by atoms with Gasteiger partial charge in [0, 0.05) is 6.42 Å². The van der Waals surface area contributed by atoms with E-state index >= 15 is 0 Å². The number of hydrogen-bond donors (Lipinski definition) is 0. The highest BCUT2D eigenvalue weighted by Crippen LogP contribution is 2.17. The summed E-state index contributed by atoms with van der Waals surface area (Å²) in [6.07, 6.45) is 0.609. The Labute approximate surface area is 58.6 Å². The van der Waals surface area contributed by atoms with Crippen LogP contribution in [0.2, 0.25) is 0 Å². The van der Waals surface area contributed by atoms with Gasteiger partial charge < -0.3 is 0 Å². The lowest BCUT2D eigenvalue weighted by Gasteiger charge is -2.11. The van der Waals surface area contributed by atoms with Crippen molar-refractivity contribution in [1.29, 1.82) is 0 Å². The van der Waals surface area contributed by atoms with Gasteiger partial charge in [0.1, 0.15) is 5.78 Å². The molecule has 0 aliphatic heterocycles. The molecule has 1 nitrogen and oxygen atoms in total. The molecular formula is C6H11BrO. The molecule has 0 N–H and O–H groups in total. The number of rotatable bonds is 2. The van der Waals surface area contributed by atoms with Crippen LogP contribution in [0.15, 0.2) is 0 Å². The van der Waals surface area contributed by atoms with Gasteiger partial charge in [-0.05, 0) is 13.8 Å². The summed E-state index contributed by atoms with van der Waals surface area (Å²) in [6, 6.07) is 0. The normalized spacial score (nSPS) is 11.5. The summed E-state index contributed by atoms with van der Waals surface area (Å²) in [6.45, 7) is 5.59. The summed E-state index contributed by atoms with van der Waals surface area (Å²) >= 11 is 3.25. The summed E-state index contributed by atoms with van der Waals surface area (Å²) in [5.41, 5.74) is 0. The van der Waals surface area contributed by atoms with Crippen molar-refractivity contribution in [2.45, 2.75) is 31.5 Å². The minimum Gasteiger partial charge on any atom is -0.298 e. The highest BCUT2D eigenvalue weighted by atomic mass is 79.9. The van der Waals surface area contributed by atoms with Crippen molar-refractivity contribution in [3.8, 4) is 0 Å². The zero-order valence-corrected chi connectivity index (χ0v) is 7.08. The molecule has 0 saturated heterocycles. The van der Waals surface area contributed by atoms with Gasteiger partial charge in [-0.15, -0.1) is 0 Å². The fourth-order valence-corrected chi connectivity index (χ4v) is 0.701. The summed E-state index contributed by atoms with van der Waals surface area (Å²) in [5.74, 6) is 0.248. The lowest BCUT2D eigenvalue weighted by molar-refractivity contribution is -0.120. The minimum atomic E-state index is -0.318. The molecule has 0 aromatic carbocycles. The maximum absolute atomic E-state index is 10.8. The van der Waals surface area contributed by atoms with E-state index in [9.17, 15) is 4.79 Å². The third-order valence-electron chi connectivity index (χ3n) is 0.984. The topological polar surface area (TPSA) is 17.1 Å². The van der Waals surface area contributed by atoms with E-state index in [1.807, 2.05) is 20.8 Å². The van der Waals surface area contributed by atoms with Crippen molar-refractivity contribution in [2.24, 2.45) is 0 Å². The van der Waals surface area contributed by atoms with Crippen LogP contribution < -0.4 is 0 Å². The number of halogens is 1. The minimum absolute atomic E-state index is 0.248. The molecular weight excluding hydrogens is 168 g/mol. The van der Waals surface area contributed by atoms with E-state index in [2.05, 4.69) is 15.9 Å². The van der Waals surface area contributed by atoms with Gasteiger partial charge in [0.15, 0.2) is 0 Å². The maximum atomic E-state index is 10.8. The second-order valence-corrected chi connectivity index (χ2v) is 4.23. The lowest BCUT2D eigenvalue weighted by atomic mass is 10.1. The molecule has 2 heteroatoms. The van der Waals surface area contributed by atoms with E-state index in [1.54, 1.807) is 0 Å². The Morgan fingerprint density at radius 3 is 2.00 bits per heavy atom. The highest BCUT2D eigenvalue weighted by molar-refractivity contribution is 9.10. The van der Waals surface area contributed by atoms with Crippen molar-refractivity contribution in [1.82, 2.24) is 0 Å². The van der Waals surface area contributed by atoms with Gasteiger partial charge in [-0.25, -0.2) is 0 Å². The van der Waals surface area contributed by atoms with Gasteiger partial charge >= 0.3 is 0 Å². The van der Waals surface area contributed by atoms with E-state index in [4.69, 9.17) is 0 Å². The molecule has 0 unspecified atom stereocenters. The Bertz CT molecular complexity index is 91.2. The van der Waals surface area contributed by atoms with E-state index in [0.717, 1.165) is 0 Å². The summed E-state index contributed by atoms with van der Waals surface area (Å²) < 4.78 is -0.318. The zero-order chi connectivity index (χ0) is 6.78. The number of alkyl halides is 1. The van der Waals surface area contributed by atoms with Crippen molar-refractivity contribution in [2.75, 3.05) is 0 Å². The van der Waals surface area contributed by atoms with Crippen LogP contribution in [0.5, 0.6) is 0 Å². The molecule has 0 fully saturated rings. The van der Waals surface area contributed by atoms with Crippen molar-refractivity contribution < 1.29 is 4.79 Å². The molecule has 0 aromatic heterocycles. The van der Waals surface area contributed by atoms with Crippen LogP contribution in [0.3, 0.4) is 0 Å². The van der Waals surface area contributed by atoms with Gasteiger partial charge in [0.2, 0.25) is 0 Å². The molecule has 0 heterocycles. The third-order valence-corrected chi connectivity index (χ3v) is 1.43.